The summed E-state index contributed by atoms with van der Waals surface area (Å²) in [7, 11) is 0. The van der Waals surface area contributed by atoms with Crippen LogP contribution < -0.4 is 0 Å². The Balaban J connectivity index is 1.78. The van der Waals surface area contributed by atoms with Crippen molar-refractivity contribution in [2.75, 3.05) is 13.2 Å². The lowest BCUT2D eigenvalue weighted by molar-refractivity contribution is -0.157. The van der Waals surface area contributed by atoms with E-state index in [9.17, 15) is 4.79 Å². The lowest BCUT2D eigenvalue weighted by Crippen LogP contribution is -2.58. The zero-order valence-corrected chi connectivity index (χ0v) is 15.6. The van der Waals surface area contributed by atoms with Crippen LogP contribution in [0.25, 0.3) is 11.1 Å². The standard InChI is InChI=1S/C22H22ClNO2/c1-3-20(25)24-14-22(9-10-22)26-15-21(24,2)18-11-17(12-19(23)13-18)16-7-5-4-6-8-16/h3-8,11-13H,1,9-10,14-15H2,2H3. The second-order valence-corrected chi connectivity index (χ2v) is 7.91. The van der Waals surface area contributed by atoms with Crippen molar-refractivity contribution in [3.8, 4) is 11.1 Å². The molecular formula is C22H22ClNO2. The van der Waals surface area contributed by atoms with Gasteiger partial charge in [-0.25, -0.2) is 0 Å². The zero-order chi connectivity index (χ0) is 18.4. The third kappa shape index (κ3) is 2.95. The van der Waals surface area contributed by atoms with Crippen LogP contribution in [0.3, 0.4) is 0 Å². The molecule has 4 rings (SSSR count). The van der Waals surface area contributed by atoms with E-state index in [1.807, 2.05) is 42.2 Å². The molecule has 2 fully saturated rings. The Morgan fingerprint density at radius 3 is 2.58 bits per heavy atom. The molecule has 4 heteroatoms. The third-order valence-corrected chi connectivity index (χ3v) is 5.79. The highest BCUT2D eigenvalue weighted by molar-refractivity contribution is 6.31. The first-order valence-corrected chi connectivity index (χ1v) is 9.28. The largest absolute Gasteiger partial charge is 0.370 e. The van der Waals surface area contributed by atoms with Crippen LogP contribution in [0.2, 0.25) is 5.02 Å². The number of carbonyl (C=O) groups excluding carboxylic acids is 1. The van der Waals surface area contributed by atoms with Gasteiger partial charge in [-0.2, -0.15) is 0 Å². The van der Waals surface area contributed by atoms with Gasteiger partial charge in [0.2, 0.25) is 5.91 Å². The molecule has 0 radical (unpaired) electrons. The van der Waals surface area contributed by atoms with Crippen LogP contribution in [0.4, 0.5) is 0 Å². The monoisotopic (exact) mass is 367 g/mol. The van der Waals surface area contributed by atoms with Gasteiger partial charge in [0.15, 0.2) is 0 Å². The summed E-state index contributed by atoms with van der Waals surface area (Å²) in [4.78, 5) is 14.5. The van der Waals surface area contributed by atoms with Crippen molar-refractivity contribution >= 4 is 17.5 Å². The van der Waals surface area contributed by atoms with Crippen molar-refractivity contribution in [3.63, 3.8) is 0 Å². The summed E-state index contributed by atoms with van der Waals surface area (Å²) in [6, 6.07) is 16.1. The highest BCUT2D eigenvalue weighted by Gasteiger charge is 2.54. The molecule has 1 saturated heterocycles. The van der Waals surface area contributed by atoms with E-state index in [2.05, 4.69) is 24.8 Å². The SMILES string of the molecule is C=CC(=O)N1CC2(CC2)OCC1(C)c1cc(Cl)cc(-c2ccccc2)c1. The van der Waals surface area contributed by atoms with Crippen molar-refractivity contribution in [1.29, 1.82) is 0 Å². The highest BCUT2D eigenvalue weighted by Crippen LogP contribution is 2.48. The van der Waals surface area contributed by atoms with Gasteiger partial charge in [-0.3, -0.25) is 4.79 Å². The van der Waals surface area contributed by atoms with E-state index in [1.54, 1.807) is 0 Å². The number of rotatable bonds is 3. The summed E-state index contributed by atoms with van der Waals surface area (Å²) < 4.78 is 6.19. The number of ether oxygens (including phenoxy) is 1. The van der Waals surface area contributed by atoms with Crippen molar-refractivity contribution < 1.29 is 9.53 Å². The van der Waals surface area contributed by atoms with Crippen molar-refractivity contribution in [3.05, 3.63) is 71.8 Å². The van der Waals surface area contributed by atoms with Gasteiger partial charge in [-0.15, -0.1) is 0 Å². The van der Waals surface area contributed by atoms with Gasteiger partial charge in [-0.1, -0.05) is 48.5 Å². The van der Waals surface area contributed by atoms with Gasteiger partial charge in [0, 0.05) is 5.02 Å². The van der Waals surface area contributed by atoms with Gasteiger partial charge in [-0.05, 0) is 60.7 Å². The Labute approximate surface area is 159 Å². The number of hydrogen-bond donors (Lipinski definition) is 0. The summed E-state index contributed by atoms with van der Waals surface area (Å²) in [6.07, 6.45) is 3.41. The molecule has 2 aromatic carbocycles. The molecule has 1 unspecified atom stereocenters. The fraction of sp³-hybridized carbons (Fsp3) is 0.318. The van der Waals surface area contributed by atoms with E-state index < -0.39 is 5.54 Å². The Morgan fingerprint density at radius 2 is 1.92 bits per heavy atom. The van der Waals surface area contributed by atoms with Crippen LogP contribution >= 0.6 is 11.6 Å². The first kappa shape index (κ1) is 17.3. The van der Waals surface area contributed by atoms with Crippen molar-refractivity contribution in [2.24, 2.45) is 0 Å². The molecule has 1 aliphatic heterocycles. The highest BCUT2D eigenvalue weighted by atomic mass is 35.5. The minimum absolute atomic E-state index is 0.0664. The first-order valence-electron chi connectivity index (χ1n) is 8.90. The number of morpholine rings is 1. The molecule has 0 N–H and O–H groups in total. The van der Waals surface area contributed by atoms with E-state index >= 15 is 0 Å². The molecule has 26 heavy (non-hydrogen) atoms. The normalized spacial score (nSPS) is 23.7. The maximum absolute atomic E-state index is 12.6. The average molecular weight is 368 g/mol. The Morgan fingerprint density at radius 1 is 1.19 bits per heavy atom. The average Bonchev–Trinajstić information content (AvgIpc) is 3.43. The molecule has 2 aromatic rings. The van der Waals surface area contributed by atoms with Crippen LogP contribution in [0.5, 0.6) is 0 Å². The minimum atomic E-state index is -0.576. The fourth-order valence-electron chi connectivity index (χ4n) is 3.69. The lowest BCUT2D eigenvalue weighted by atomic mass is 9.86. The van der Waals surface area contributed by atoms with Gasteiger partial charge in [0.25, 0.3) is 0 Å². The Hall–Kier alpha value is -2.10. The number of halogens is 1. The first-order chi connectivity index (χ1) is 12.5. The molecule has 1 heterocycles. The summed E-state index contributed by atoms with van der Waals surface area (Å²) in [5.74, 6) is -0.0664. The smallest absolute Gasteiger partial charge is 0.246 e. The second-order valence-electron chi connectivity index (χ2n) is 7.47. The summed E-state index contributed by atoms with van der Waals surface area (Å²) in [5.41, 5.74) is 2.38. The van der Waals surface area contributed by atoms with Crippen LogP contribution in [-0.2, 0) is 15.1 Å². The number of amides is 1. The predicted molar refractivity (Wildman–Crippen MR) is 104 cm³/mol. The molecule has 0 bridgehead atoms. The summed E-state index contributed by atoms with van der Waals surface area (Å²) >= 11 is 6.45. The second kappa shape index (κ2) is 6.26. The van der Waals surface area contributed by atoms with Gasteiger partial charge < -0.3 is 9.64 Å². The fourth-order valence-corrected chi connectivity index (χ4v) is 3.93. The van der Waals surface area contributed by atoms with E-state index in [0.29, 0.717) is 18.2 Å². The molecule has 1 spiro atoms. The minimum Gasteiger partial charge on any atom is -0.370 e. The topological polar surface area (TPSA) is 29.5 Å². The quantitative estimate of drug-likeness (QED) is 0.729. The van der Waals surface area contributed by atoms with E-state index in [-0.39, 0.29) is 11.5 Å². The lowest BCUT2D eigenvalue weighted by Gasteiger charge is -2.48. The van der Waals surface area contributed by atoms with Crippen LogP contribution in [0.1, 0.15) is 25.3 Å². The summed E-state index contributed by atoms with van der Waals surface area (Å²) in [6.45, 7) is 6.79. The van der Waals surface area contributed by atoms with Crippen molar-refractivity contribution in [1.82, 2.24) is 4.90 Å². The molecule has 1 aliphatic carbocycles. The Kier molecular flexibility index (Phi) is 4.17. The molecule has 134 valence electrons. The molecule has 3 nitrogen and oxygen atoms in total. The van der Waals surface area contributed by atoms with Crippen LogP contribution in [0, 0.1) is 0 Å². The Bertz CT molecular complexity index is 860. The molecule has 1 atom stereocenters. The zero-order valence-electron chi connectivity index (χ0n) is 14.9. The van der Waals surface area contributed by atoms with Gasteiger partial charge >= 0.3 is 0 Å². The number of benzene rings is 2. The maximum atomic E-state index is 12.6. The molecule has 0 aromatic heterocycles. The molecule has 1 amide bonds. The third-order valence-electron chi connectivity index (χ3n) is 5.58. The van der Waals surface area contributed by atoms with Crippen LogP contribution in [-0.4, -0.2) is 29.6 Å². The molecular weight excluding hydrogens is 346 g/mol. The van der Waals surface area contributed by atoms with Crippen LogP contribution in [0.15, 0.2) is 61.2 Å². The van der Waals surface area contributed by atoms with Gasteiger partial charge in [0.1, 0.15) is 0 Å². The van der Waals surface area contributed by atoms with Gasteiger partial charge in [0.05, 0.1) is 24.3 Å². The predicted octanol–water partition coefficient (Wildman–Crippen LogP) is 4.80. The van der Waals surface area contributed by atoms with E-state index in [1.165, 1.54) is 6.08 Å². The van der Waals surface area contributed by atoms with E-state index in [0.717, 1.165) is 29.5 Å². The number of hydrogen-bond acceptors (Lipinski definition) is 2. The van der Waals surface area contributed by atoms with E-state index in [4.69, 9.17) is 16.3 Å². The number of carbonyl (C=O) groups is 1. The molecule has 1 saturated carbocycles. The summed E-state index contributed by atoms with van der Waals surface area (Å²) in [5, 5.41) is 0.653. The molecule has 2 aliphatic rings. The number of nitrogens with zero attached hydrogens (tertiary/aromatic N) is 1. The van der Waals surface area contributed by atoms with Crippen molar-refractivity contribution in [2.45, 2.75) is 30.9 Å². The maximum Gasteiger partial charge on any atom is 0.246 e.